The highest BCUT2D eigenvalue weighted by Crippen LogP contribution is 2.08. The number of rotatable bonds is 5. The van der Waals surface area contributed by atoms with Gasteiger partial charge in [0.2, 0.25) is 5.82 Å². The highest BCUT2D eigenvalue weighted by atomic mass is 16.5. The molecule has 1 unspecified atom stereocenters. The lowest BCUT2D eigenvalue weighted by molar-refractivity contribution is 0.0586. The first-order valence-corrected chi connectivity index (χ1v) is 5.77. The van der Waals surface area contributed by atoms with Gasteiger partial charge in [0, 0.05) is 24.3 Å². The molecule has 0 bridgehead atoms. The number of carbonyl (C=O) groups excluding carboxylic acids is 1. The number of ether oxygens (including phenoxy) is 1. The van der Waals surface area contributed by atoms with Gasteiger partial charge in [-0.3, -0.25) is 0 Å². The third kappa shape index (κ3) is 4.29. The molecule has 0 aliphatic heterocycles. The van der Waals surface area contributed by atoms with Crippen molar-refractivity contribution in [1.29, 1.82) is 0 Å². The van der Waals surface area contributed by atoms with Crippen molar-refractivity contribution in [3.63, 3.8) is 0 Å². The molecule has 6 heteroatoms. The molecule has 0 saturated carbocycles. The van der Waals surface area contributed by atoms with Gasteiger partial charge in [0.25, 0.3) is 0 Å². The van der Waals surface area contributed by atoms with E-state index in [4.69, 9.17) is 0 Å². The topological polar surface area (TPSA) is 67.3 Å². The molecule has 1 rings (SSSR count). The standard InChI is InChI=1S/C12H20N4O2/c1-8-6-10(13-9(2)7-16(3)4)15-11(14-8)12(17)18-5/h6,9H,7H2,1-5H3,(H,13,14,15). The SMILES string of the molecule is COC(=O)c1nc(C)cc(NC(C)CN(C)C)n1. The van der Waals surface area contributed by atoms with Gasteiger partial charge in [-0.25, -0.2) is 14.8 Å². The van der Waals surface area contributed by atoms with Crippen LogP contribution in [0.3, 0.4) is 0 Å². The predicted molar refractivity (Wildman–Crippen MR) is 69.7 cm³/mol. The molecule has 0 aliphatic carbocycles. The molecule has 0 saturated heterocycles. The quantitative estimate of drug-likeness (QED) is 0.786. The molecule has 0 radical (unpaired) electrons. The summed E-state index contributed by atoms with van der Waals surface area (Å²) in [7, 11) is 5.32. The minimum Gasteiger partial charge on any atom is -0.463 e. The predicted octanol–water partition coefficient (Wildman–Crippen LogP) is 0.934. The lowest BCUT2D eigenvalue weighted by Gasteiger charge is -2.19. The second-order valence-corrected chi connectivity index (χ2v) is 4.52. The molecule has 0 aromatic carbocycles. The summed E-state index contributed by atoms with van der Waals surface area (Å²) in [5, 5.41) is 3.23. The zero-order valence-electron chi connectivity index (χ0n) is 11.5. The Morgan fingerprint density at radius 3 is 2.72 bits per heavy atom. The number of aromatic nitrogens is 2. The monoisotopic (exact) mass is 252 g/mol. The Kier molecular flexibility index (Phi) is 5.03. The molecular formula is C12H20N4O2. The van der Waals surface area contributed by atoms with Gasteiger partial charge in [-0.15, -0.1) is 0 Å². The van der Waals surface area contributed by atoms with Crippen molar-refractivity contribution in [2.75, 3.05) is 33.1 Å². The van der Waals surface area contributed by atoms with Crippen LogP contribution >= 0.6 is 0 Å². The van der Waals surface area contributed by atoms with Crippen LogP contribution in [0.1, 0.15) is 23.2 Å². The van der Waals surface area contributed by atoms with Crippen LogP contribution in [0.4, 0.5) is 5.82 Å². The lowest BCUT2D eigenvalue weighted by atomic mass is 10.3. The van der Waals surface area contributed by atoms with Gasteiger partial charge in [0.05, 0.1) is 7.11 Å². The molecule has 100 valence electrons. The molecule has 18 heavy (non-hydrogen) atoms. The Labute approximate surface area is 107 Å². The summed E-state index contributed by atoms with van der Waals surface area (Å²) in [4.78, 5) is 21.6. The first kappa shape index (κ1) is 14.4. The summed E-state index contributed by atoms with van der Waals surface area (Å²) >= 11 is 0. The first-order valence-electron chi connectivity index (χ1n) is 5.77. The van der Waals surface area contributed by atoms with E-state index in [0.29, 0.717) is 5.82 Å². The Hall–Kier alpha value is -1.69. The van der Waals surface area contributed by atoms with Gasteiger partial charge in [0.15, 0.2) is 0 Å². The van der Waals surface area contributed by atoms with Crippen LogP contribution in [0.5, 0.6) is 0 Å². The Morgan fingerprint density at radius 1 is 1.50 bits per heavy atom. The number of hydrogen-bond donors (Lipinski definition) is 1. The van der Waals surface area contributed by atoms with Crippen LogP contribution in [0.25, 0.3) is 0 Å². The van der Waals surface area contributed by atoms with Crippen molar-refractivity contribution < 1.29 is 9.53 Å². The molecule has 1 heterocycles. The van der Waals surface area contributed by atoms with Crippen LogP contribution in [-0.4, -0.2) is 54.6 Å². The fourth-order valence-electron chi connectivity index (χ4n) is 1.67. The maximum Gasteiger partial charge on any atom is 0.376 e. The van der Waals surface area contributed by atoms with Crippen LogP contribution in [0.15, 0.2) is 6.07 Å². The molecule has 0 amide bonds. The number of nitrogens with zero attached hydrogens (tertiary/aromatic N) is 3. The first-order chi connectivity index (χ1) is 8.42. The van der Waals surface area contributed by atoms with Crippen LogP contribution < -0.4 is 5.32 Å². The largest absolute Gasteiger partial charge is 0.463 e. The third-order valence-corrected chi connectivity index (χ3v) is 2.26. The zero-order chi connectivity index (χ0) is 13.7. The molecule has 1 aromatic rings. The normalized spacial score (nSPS) is 12.3. The summed E-state index contributed by atoms with van der Waals surface area (Å²) in [6.45, 7) is 4.74. The van der Waals surface area contributed by atoms with E-state index in [-0.39, 0.29) is 11.9 Å². The second-order valence-electron chi connectivity index (χ2n) is 4.52. The summed E-state index contributed by atoms with van der Waals surface area (Å²) in [5.41, 5.74) is 0.727. The maximum absolute atomic E-state index is 11.4. The van der Waals surface area contributed by atoms with Crippen molar-refractivity contribution in [3.8, 4) is 0 Å². The van der Waals surface area contributed by atoms with Crippen molar-refractivity contribution >= 4 is 11.8 Å². The van der Waals surface area contributed by atoms with E-state index in [9.17, 15) is 4.79 Å². The van der Waals surface area contributed by atoms with E-state index in [2.05, 4.69) is 31.8 Å². The summed E-state index contributed by atoms with van der Waals surface area (Å²) < 4.78 is 4.62. The lowest BCUT2D eigenvalue weighted by Crippen LogP contribution is -2.30. The molecule has 1 aromatic heterocycles. The average molecular weight is 252 g/mol. The fourth-order valence-corrected chi connectivity index (χ4v) is 1.67. The maximum atomic E-state index is 11.4. The summed E-state index contributed by atoms with van der Waals surface area (Å²) in [5.74, 6) is 0.191. The van der Waals surface area contributed by atoms with E-state index < -0.39 is 5.97 Å². The zero-order valence-corrected chi connectivity index (χ0v) is 11.5. The smallest absolute Gasteiger partial charge is 0.376 e. The number of likely N-dealkylation sites (N-methyl/N-ethyl adjacent to an activating group) is 1. The number of anilines is 1. The van der Waals surface area contributed by atoms with Crippen LogP contribution in [0, 0.1) is 6.92 Å². The third-order valence-electron chi connectivity index (χ3n) is 2.26. The van der Waals surface area contributed by atoms with Gasteiger partial charge in [-0.05, 0) is 27.9 Å². The number of aryl methyl sites for hydroxylation is 1. The molecule has 0 aliphatic rings. The Morgan fingerprint density at radius 2 is 2.17 bits per heavy atom. The molecule has 6 nitrogen and oxygen atoms in total. The number of nitrogens with one attached hydrogen (secondary N) is 1. The summed E-state index contributed by atoms with van der Waals surface area (Å²) in [6.07, 6.45) is 0. The van der Waals surface area contributed by atoms with E-state index in [1.165, 1.54) is 7.11 Å². The molecule has 1 N–H and O–H groups in total. The second kappa shape index (κ2) is 6.30. The number of hydrogen-bond acceptors (Lipinski definition) is 6. The van der Waals surface area contributed by atoms with Crippen LogP contribution in [-0.2, 0) is 4.74 Å². The number of carbonyl (C=O) groups is 1. The average Bonchev–Trinajstić information content (AvgIpc) is 2.25. The van der Waals surface area contributed by atoms with Gasteiger partial charge < -0.3 is 15.0 Å². The van der Waals surface area contributed by atoms with Crippen molar-refractivity contribution in [2.24, 2.45) is 0 Å². The molecule has 0 fully saturated rings. The summed E-state index contributed by atoms with van der Waals surface area (Å²) in [6, 6.07) is 2.03. The Balaban J connectivity index is 2.83. The molecule has 0 spiro atoms. The van der Waals surface area contributed by atoms with Gasteiger partial charge >= 0.3 is 5.97 Å². The van der Waals surface area contributed by atoms with Crippen molar-refractivity contribution in [2.45, 2.75) is 19.9 Å². The number of esters is 1. The van der Waals surface area contributed by atoms with Crippen LogP contribution in [0.2, 0.25) is 0 Å². The fraction of sp³-hybridized carbons (Fsp3) is 0.583. The Bertz CT molecular complexity index is 421. The molecule has 1 atom stereocenters. The van der Waals surface area contributed by atoms with Gasteiger partial charge in [-0.2, -0.15) is 0 Å². The van der Waals surface area contributed by atoms with Crippen molar-refractivity contribution in [1.82, 2.24) is 14.9 Å². The minimum absolute atomic E-state index is 0.0806. The highest BCUT2D eigenvalue weighted by Gasteiger charge is 2.12. The van der Waals surface area contributed by atoms with E-state index >= 15 is 0 Å². The van der Waals surface area contributed by atoms with E-state index in [1.54, 1.807) is 6.07 Å². The van der Waals surface area contributed by atoms with Gasteiger partial charge in [0.1, 0.15) is 5.82 Å². The minimum atomic E-state index is -0.526. The number of methoxy groups -OCH3 is 1. The molecular weight excluding hydrogens is 232 g/mol. The highest BCUT2D eigenvalue weighted by molar-refractivity contribution is 5.85. The van der Waals surface area contributed by atoms with E-state index in [1.807, 2.05) is 21.0 Å². The van der Waals surface area contributed by atoms with Crippen molar-refractivity contribution in [3.05, 3.63) is 17.6 Å². The van der Waals surface area contributed by atoms with Gasteiger partial charge in [-0.1, -0.05) is 0 Å². The van der Waals surface area contributed by atoms with E-state index in [0.717, 1.165) is 12.2 Å².